The number of aromatic amines is 1. The second-order valence-corrected chi connectivity index (χ2v) is 8.00. The van der Waals surface area contributed by atoms with E-state index in [1.54, 1.807) is 18.2 Å². The number of aromatic nitrogens is 2. The third-order valence-electron chi connectivity index (χ3n) is 5.30. The maximum absolute atomic E-state index is 12.3. The number of hydrogen-bond donors (Lipinski definition) is 1. The Morgan fingerprint density at radius 3 is 2.46 bits per heavy atom. The molecule has 146 valence electrons. The molecule has 1 saturated heterocycles. The summed E-state index contributed by atoms with van der Waals surface area (Å²) in [5, 5.41) is 1.17. The van der Waals surface area contributed by atoms with Crippen molar-refractivity contribution in [2.75, 3.05) is 26.2 Å². The summed E-state index contributed by atoms with van der Waals surface area (Å²) in [7, 11) is 0. The molecular weight excluding hydrogens is 372 g/mol. The molecule has 1 aliphatic heterocycles. The molecule has 2 heterocycles. The molecule has 5 nitrogen and oxygen atoms in total. The number of benzene rings is 2. The first-order valence-corrected chi connectivity index (χ1v) is 10.1. The lowest BCUT2D eigenvalue weighted by molar-refractivity contribution is 0.244. The summed E-state index contributed by atoms with van der Waals surface area (Å²) in [6.45, 7) is 7.81. The Bertz CT molecular complexity index is 1020. The lowest BCUT2D eigenvalue weighted by atomic mass is 10.1. The van der Waals surface area contributed by atoms with Gasteiger partial charge in [0.2, 0.25) is 0 Å². The third-order valence-corrected chi connectivity index (χ3v) is 5.53. The van der Waals surface area contributed by atoms with Crippen molar-refractivity contribution in [1.82, 2.24) is 19.8 Å². The highest BCUT2D eigenvalue weighted by molar-refractivity contribution is 6.31. The van der Waals surface area contributed by atoms with Crippen molar-refractivity contribution in [1.29, 1.82) is 0 Å². The van der Waals surface area contributed by atoms with Crippen LogP contribution in [0.3, 0.4) is 0 Å². The van der Waals surface area contributed by atoms with Gasteiger partial charge in [-0.2, -0.15) is 0 Å². The molecule has 3 aromatic rings. The third kappa shape index (κ3) is 4.61. The van der Waals surface area contributed by atoms with Gasteiger partial charge in [-0.1, -0.05) is 41.4 Å². The highest BCUT2D eigenvalue weighted by atomic mass is 35.5. The zero-order chi connectivity index (χ0) is 19.5. The normalized spacial score (nSPS) is 16.4. The van der Waals surface area contributed by atoms with E-state index < -0.39 is 0 Å². The number of H-pyrrole nitrogens is 1. The van der Waals surface area contributed by atoms with Crippen LogP contribution in [-0.4, -0.2) is 45.9 Å². The second kappa shape index (κ2) is 8.43. The van der Waals surface area contributed by atoms with Crippen LogP contribution in [0.2, 0.25) is 5.02 Å². The van der Waals surface area contributed by atoms with Crippen molar-refractivity contribution >= 4 is 22.5 Å². The summed E-state index contributed by atoms with van der Waals surface area (Å²) in [4.78, 5) is 24.8. The Morgan fingerprint density at radius 1 is 1.00 bits per heavy atom. The number of aryl methyl sites for hydroxylation is 1. The maximum Gasteiger partial charge on any atom is 0.258 e. The molecule has 6 heteroatoms. The lowest BCUT2D eigenvalue weighted by Gasteiger charge is -2.21. The summed E-state index contributed by atoms with van der Waals surface area (Å²) in [5.74, 6) is 0.701. The van der Waals surface area contributed by atoms with Gasteiger partial charge < -0.3 is 4.98 Å². The topological polar surface area (TPSA) is 52.2 Å². The quantitative estimate of drug-likeness (QED) is 0.732. The average Bonchev–Trinajstić information content (AvgIpc) is 2.88. The lowest BCUT2D eigenvalue weighted by Crippen LogP contribution is -2.31. The van der Waals surface area contributed by atoms with Crippen LogP contribution in [0.1, 0.15) is 23.4 Å². The molecule has 2 aromatic carbocycles. The standard InChI is InChI=1S/C22H25ClN4O/c1-16-3-5-17(6-4-16)14-26-9-2-10-27(12-11-26)15-21-24-20-13-18(23)7-8-19(20)22(28)25-21/h3-8,13H,2,9-12,14-15H2,1H3,(H,24,25,28). The van der Waals surface area contributed by atoms with Crippen LogP contribution in [-0.2, 0) is 13.1 Å². The van der Waals surface area contributed by atoms with E-state index in [9.17, 15) is 4.79 Å². The Hall–Kier alpha value is -2.21. The molecule has 0 amide bonds. The number of fused-ring (bicyclic) bond motifs is 1. The Kier molecular flexibility index (Phi) is 5.76. The van der Waals surface area contributed by atoms with Crippen LogP contribution in [0.25, 0.3) is 10.9 Å². The van der Waals surface area contributed by atoms with Gasteiger partial charge in [-0.3, -0.25) is 14.6 Å². The summed E-state index contributed by atoms with van der Waals surface area (Å²) < 4.78 is 0. The van der Waals surface area contributed by atoms with Crippen molar-refractivity contribution in [2.24, 2.45) is 0 Å². The minimum atomic E-state index is -0.104. The number of halogens is 1. The number of rotatable bonds is 4. The minimum Gasteiger partial charge on any atom is -0.309 e. The molecular formula is C22H25ClN4O. The Balaban J connectivity index is 1.41. The van der Waals surface area contributed by atoms with Crippen LogP contribution in [0, 0.1) is 6.92 Å². The monoisotopic (exact) mass is 396 g/mol. The first-order chi connectivity index (χ1) is 13.6. The molecule has 4 rings (SSSR count). The van der Waals surface area contributed by atoms with E-state index in [-0.39, 0.29) is 5.56 Å². The van der Waals surface area contributed by atoms with Crippen LogP contribution in [0.4, 0.5) is 0 Å². The minimum absolute atomic E-state index is 0.104. The smallest absolute Gasteiger partial charge is 0.258 e. The number of hydrogen-bond acceptors (Lipinski definition) is 4. The molecule has 0 aliphatic carbocycles. The fraction of sp³-hybridized carbons (Fsp3) is 0.364. The highest BCUT2D eigenvalue weighted by Crippen LogP contribution is 2.16. The molecule has 0 spiro atoms. The van der Waals surface area contributed by atoms with E-state index in [4.69, 9.17) is 11.6 Å². The van der Waals surface area contributed by atoms with E-state index in [0.717, 1.165) is 39.1 Å². The Labute approximate surface area is 170 Å². The highest BCUT2D eigenvalue weighted by Gasteiger charge is 2.16. The van der Waals surface area contributed by atoms with Gasteiger partial charge in [0.25, 0.3) is 5.56 Å². The SMILES string of the molecule is Cc1ccc(CN2CCCN(Cc3nc4cc(Cl)ccc4c(=O)[nH]3)CC2)cc1. The molecule has 1 fully saturated rings. The predicted molar refractivity (Wildman–Crippen MR) is 114 cm³/mol. The van der Waals surface area contributed by atoms with Gasteiger partial charge in [-0.25, -0.2) is 4.98 Å². The second-order valence-electron chi connectivity index (χ2n) is 7.57. The molecule has 1 N–H and O–H groups in total. The van der Waals surface area contributed by atoms with Gasteiger partial charge >= 0.3 is 0 Å². The zero-order valence-electron chi connectivity index (χ0n) is 16.1. The molecule has 1 aliphatic rings. The fourth-order valence-corrected chi connectivity index (χ4v) is 3.91. The fourth-order valence-electron chi connectivity index (χ4n) is 3.74. The molecule has 0 saturated carbocycles. The van der Waals surface area contributed by atoms with E-state index in [1.807, 2.05) is 0 Å². The van der Waals surface area contributed by atoms with Gasteiger partial charge in [-0.05, 0) is 50.2 Å². The molecule has 1 aromatic heterocycles. The van der Waals surface area contributed by atoms with Gasteiger partial charge in [0, 0.05) is 24.7 Å². The van der Waals surface area contributed by atoms with Crippen molar-refractivity contribution in [3.05, 3.63) is 74.8 Å². The van der Waals surface area contributed by atoms with Crippen molar-refractivity contribution < 1.29 is 0 Å². The van der Waals surface area contributed by atoms with E-state index in [2.05, 4.69) is 51.0 Å². The van der Waals surface area contributed by atoms with Gasteiger partial charge in [0.1, 0.15) is 5.82 Å². The van der Waals surface area contributed by atoms with Crippen LogP contribution in [0.5, 0.6) is 0 Å². The zero-order valence-corrected chi connectivity index (χ0v) is 16.9. The molecule has 0 unspecified atom stereocenters. The number of nitrogens with one attached hydrogen (secondary N) is 1. The predicted octanol–water partition coefficient (Wildman–Crippen LogP) is 3.59. The average molecular weight is 397 g/mol. The summed E-state index contributed by atoms with van der Waals surface area (Å²) >= 11 is 6.06. The maximum atomic E-state index is 12.3. The first kappa shape index (κ1) is 19.1. The van der Waals surface area contributed by atoms with E-state index in [1.165, 1.54) is 11.1 Å². The first-order valence-electron chi connectivity index (χ1n) is 9.75. The van der Waals surface area contributed by atoms with Gasteiger partial charge in [0.05, 0.1) is 17.4 Å². The summed E-state index contributed by atoms with van der Waals surface area (Å²) in [6, 6.07) is 14.0. The molecule has 0 radical (unpaired) electrons. The van der Waals surface area contributed by atoms with Gasteiger partial charge in [0.15, 0.2) is 0 Å². The van der Waals surface area contributed by atoms with Crippen molar-refractivity contribution in [3.63, 3.8) is 0 Å². The Morgan fingerprint density at radius 2 is 1.71 bits per heavy atom. The summed E-state index contributed by atoms with van der Waals surface area (Å²) in [5.41, 5.74) is 3.20. The van der Waals surface area contributed by atoms with Crippen LogP contribution < -0.4 is 5.56 Å². The van der Waals surface area contributed by atoms with Gasteiger partial charge in [-0.15, -0.1) is 0 Å². The largest absolute Gasteiger partial charge is 0.309 e. The number of nitrogens with zero attached hydrogens (tertiary/aromatic N) is 3. The van der Waals surface area contributed by atoms with E-state index >= 15 is 0 Å². The van der Waals surface area contributed by atoms with Crippen LogP contribution in [0.15, 0.2) is 47.3 Å². The van der Waals surface area contributed by atoms with Crippen molar-refractivity contribution in [2.45, 2.75) is 26.4 Å². The molecule has 0 atom stereocenters. The molecule has 28 heavy (non-hydrogen) atoms. The van der Waals surface area contributed by atoms with Crippen LogP contribution >= 0.6 is 11.6 Å². The van der Waals surface area contributed by atoms with Crippen molar-refractivity contribution in [3.8, 4) is 0 Å². The molecule has 0 bridgehead atoms. The summed E-state index contributed by atoms with van der Waals surface area (Å²) in [6.07, 6.45) is 1.11. The van der Waals surface area contributed by atoms with E-state index in [0.29, 0.717) is 28.3 Å².